The first-order valence-corrected chi connectivity index (χ1v) is 9.22. The number of carbonyl (C=O) groups is 1. The van der Waals surface area contributed by atoms with E-state index < -0.39 is 5.97 Å². The molecule has 0 aliphatic heterocycles. The fourth-order valence-electron chi connectivity index (χ4n) is 2.53. The van der Waals surface area contributed by atoms with Crippen molar-refractivity contribution in [2.75, 3.05) is 12.4 Å². The molecule has 2 aromatic carbocycles. The van der Waals surface area contributed by atoms with Crippen molar-refractivity contribution in [1.82, 2.24) is 14.8 Å². The molecule has 7 heteroatoms. The van der Waals surface area contributed by atoms with Crippen LogP contribution >= 0.6 is 11.8 Å². The van der Waals surface area contributed by atoms with E-state index in [1.165, 1.54) is 0 Å². The van der Waals surface area contributed by atoms with E-state index in [9.17, 15) is 4.79 Å². The van der Waals surface area contributed by atoms with Gasteiger partial charge in [-0.15, -0.1) is 10.2 Å². The summed E-state index contributed by atoms with van der Waals surface area (Å²) in [5.41, 5.74) is 1.99. The van der Waals surface area contributed by atoms with Crippen LogP contribution in [0.3, 0.4) is 0 Å². The van der Waals surface area contributed by atoms with Crippen molar-refractivity contribution >= 4 is 17.7 Å². The standard InChI is InChI=1S/C19H19N3O3S/c1-2-25-16-10-8-15(9-11-16)22-17(12-14-6-4-3-5-7-14)20-21-19(22)26-13-18(23)24/h3-11H,2,12-13H2,1H3,(H,23,24). The average Bonchev–Trinajstić information content (AvgIpc) is 3.04. The highest BCUT2D eigenvalue weighted by Gasteiger charge is 2.16. The summed E-state index contributed by atoms with van der Waals surface area (Å²) in [6.45, 7) is 2.54. The topological polar surface area (TPSA) is 77.2 Å². The van der Waals surface area contributed by atoms with Gasteiger partial charge in [-0.3, -0.25) is 9.36 Å². The highest BCUT2D eigenvalue weighted by Crippen LogP contribution is 2.25. The van der Waals surface area contributed by atoms with Crippen molar-refractivity contribution in [3.8, 4) is 11.4 Å². The van der Waals surface area contributed by atoms with Crippen molar-refractivity contribution < 1.29 is 14.6 Å². The van der Waals surface area contributed by atoms with Gasteiger partial charge in [0.05, 0.1) is 12.4 Å². The molecular formula is C19H19N3O3S. The van der Waals surface area contributed by atoms with Gasteiger partial charge in [0, 0.05) is 12.1 Å². The van der Waals surface area contributed by atoms with E-state index in [-0.39, 0.29) is 5.75 Å². The Balaban J connectivity index is 1.95. The highest BCUT2D eigenvalue weighted by atomic mass is 32.2. The van der Waals surface area contributed by atoms with Crippen molar-refractivity contribution in [3.63, 3.8) is 0 Å². The molecule has 0 unspecified atom stereocenters. The third-order valence-electron chi connectivity index (χ3n) is 3.64. The zero-order valence-electron chi connectivity index (χ0n) is 14.3. The maximum absolute atomic E-state index is 10.9. The Labute approximate surface area is 155 Å². The van der Waals surface area contributed by atoms with Gasteiger partial charge in [0.15, 0.2) is 5.16 Å². The Morgan fingerprint density at radius 2 is 1.85 bits per heavy atom. The van der Waals surface area contributed by atoms with Gasteiger partial charge < -0.3 is 9.84 Å². The van der Waals surface area contributed by atoms with Crippen molar-refractivity contribution in [2.45, 2.75) is 18.5 Å². The number of rotatable bonds is 8. The van der Waals surface area contributed by atoms with Gasteiger partial charge >= 0.3 is 5.97 Å². The number of ether oxygens (including phenoxy) is 1. The second-order valence-corrected chi connectivity index (χ2v) is 6.45. The van der Waals surface area contributed by atoms with Crippen LogP contribution in [0.1, 0.15) is 18.3 Å². The third-order valence-corrected chi connectivity index (χ3v) is 4.55. The summed E-state index contributed by atoms with van der Waals surface area (Å²) in [6.07, 6.45) is 0.606. The Hall–Kier alpha value is -2.80. The van der Waals surface area contributed by atoms with Gasteiger partial charge in [0.1, 0.15) is 11.6 Å². The molecule has 0 bridgehead atoms. The van der Waals surface area contributed by atoms with E-state index in [4.69, 9.17) is 9.84 Å². The number of aliphatic carboxylic acids is 1. The first-order valence-electron chi connectivity index (χ1n) is 8.23. The van der Waals surface area contributed by atoms with Crippen LogP contribution in [-0.2, 0) is 11.2 Å². The highest BCUT2D eigenvalue weighted by molar-refractivity contribution is 7.99. The molecule has 0 amide bonds. The summed E-state index contributed by atoms with van der Waals surface area (Å²) >= 11 is 1.15. The number of nitrogens with zero attached hydrogens (tertiary/aromatic N) is 3. The molecule has 0 radical (unpaired) electrons. The number of benzene rings is 2. The maximum Gasteiger partial charge on any atom is 0.313 e. The predicted octanol–water partition coefficient (Wildman–Crippen LogP) is 3.43. The molecule has 3 rings (SSSR count). The van der Waals surface area contributed by atoms with Crippen molar-refractivity contribution in [1.29, 1.82) is 0 Å². The number of carboxylic acids is 1. The van der Waals surface area contributed by atoms with Crippen LogP contribution in [0.5, 0.6) is 5.75 Å². The Morgan fingerprint density at radius 3 is 2.50 bits per heavy atom. The molecule has 0 spiro atoms. The monoisotopic (exact) mass is 369 g/mol. The zero-order chi connectivity index (χ0) is 18.4. The first kappa shape index (κ1) is 18.0. The fourth-order valence-corrected chi connectivity index (χ4v) is 3.22. The summed E-state index contributed by atoms with van der Waals surface area (Å²) in [6, 6.07) is 17.6. The number of aromatic nitrogens is 3. The molecule has 0 saturated carbocycles. The normalized spacial score (nSPS) is 10.7. The van der Waals surface area contributed by atoms with E-state index in [2.05, 4.69) is 10.2 Å². The molecule has 0 aliphatic carbocycles. The third kappa shape index (κ3) is 4.43. The maximum atomic E-state index is 10.9. The molecule has 1 heterocycles. The minimum Gasteiger partial charge on any atom is -0.494 e. The quantitative estimate of drug-likeness (QED) is 0.613. The molecule has 1 aromatic heterocycles. The summed E-state index contributed by atoms with van der Waals surface area (Å²) in [5, 5.41) is 18.0. The Bertz CT molecular complexity index is 863. The molecule has 0 saturated heterocycles. The first-order chi connectivity index (χ1) is 12.7. The van der Waals surface area contributed by atoms with E-state index in [1.807, 2.05) is 66.1 Å². The smallest absolute Gasteiger partial charge is 0.313 e. The second-order valence-electron chi connectivity index (χ2n) is 5.51. The molecule has 0 atom stereocenters. The summed E-state index contributed by atoms with van der Waals surface area (Å²) < 4.78 is 7.39. The largest absolute Gasteiger partial charge is 0.494 e. The Morgan fingerprint density at radius 1 is 1.12 bits per heavy atom. The van der Waals surface area contributed by atoms with E-state index in [0.29, 0.717) is 18.2 Å². The number of hydrogen-bond acceptors (Lipinski definition) is 5. The van der Waals surface area contributed by atoms with Crippen LogP contribution in [-0.4, -0.2) is 38.2 Å². The molecule has 0 fully saturated rings. The molecule has 134 valence electrons. The average molecular weight is 369 g/mol. The predicted molar refractivity (Wildman–Crippen MR) is 100 cm³/mol. The molecule has 1 N–H and O–H groups in total. The van der Waals surface area contributed by atoms with Crippen LogP contribution in [0.25, 0.3) is 5.69 Å². The van der Waals surface area contributed by atoms with Crippen molar-refractivity contribution in [3.05, 3.63) is 66.0 Å². The fraction of sp³-hybridized carbons (Fsp3) is 0.211. The SMILES string of the molecule is CCOc1ccc(-n2c(Cc3ccccc3)nnc2SCC(=O)O)cc1. The lowest BCUT2D eigenvalue weighted by Crippen LogP contribution is -2.05. The van der Waals surface area contributed by atoms with Crippen LogP contribution in [0.15, 0.2) is 59.8 Å². The zero-order valence-corrected chi connectivity index (χ0v) is 15.1. The van der Waals surface area contributed by atoms with Crippen molar-refractivity contribution in [2.24, 2.45) is 0 Å². The van der Waals surface area contributed by atoms with Gasteiger partial charge in [0.25, 0.3) is 0 Å². The molecular weight excluding hydrogens is 350 g/mol. The van der Waals surface area contributed by atoms with Gasteiger partial charge in [-0.05, 0) is 36.8 Å². The lowest BCUT2D eigenvalue weighted by atomic mass is 10.1. The summed E-state index contributed by atoms with van der Waals surface area (Å²) in [4.78, 5) is 10.9. The molecule has 3 aromatic rings. The minimum absolute atomic E-state index is 0.0689. The van der Waals surface area contributed by atoms with Gasteiger partial charge in [-0.25, -0.2) is 0 Å². The van der Waals surface area contributed by atoms with Crippen LogP contribution in [0.4, 0.5) is 0 Å². The van der Waals surface area contributed by atoms with E-state index in [1.54, 1.807) is 0 Å². The summed E-state index contributed by atoms with van der Waals surface area (Å²) in [5.74, 6) is 0.586. The second kappa shape index (κ2) is 8.53. The lowest BCUT2D eigenvalue weighted by molar-refractivity contribution is -0.133. The number of thioether (sulfide) groups is 1. The van der Waals surface area contributed by atoms with Crippen LogP contribution in [0, 0.1) is 0 Å². The van der Waals surface area contributed by atoms with Crippen LogP contribution in [0.2, 0.25) is 0 Å². The molecule has 6 nitrogen and oxygen atoms in total. The van der Waals surface area contributed by atoms with E-state index >= 15 is 0 Å². The minimum atomic E-state index is -0.888. The molecule has 0 aliphatic rings. The van der Waals surface area contributed by atoms with Crippen LogP contribution < -0.4 is 4.74 Å². The van der Waals surface area contributed by atoms with Gasteiger partial charge in [-0.2, -0.15) is 0 Å². The van der Waals surface area contributed by atoms with Gasteiger partial charge in [0.2, 0.25) is 0 Å². The number of carboxylic acid groups (broad SMARTS) is 1. The summed E-state index contributed by atoms with van der Waals surface area (Å²) in [7, 11) is 0. The number of hydrogen-bond donors (Lipinski definition) is 1. The van der Waals surface area contributed by atoms with E-state index in [0.717, 1.165) is 34.6 Å². The Kier molecular flexibility index (Phi) is 5.91. The van der Waals surface area contributed by atoms with Gasteiger partial charge in [-0.1, -0.05) is 42.1 Å². The lowest BCUT2D eigenvalue weighted by Gasteiger charge is -2.11. The molecule has 26 heavy (non-hydrogen) atoms.